The summed E-state index contributed by atoms with van der Waals surface area (Å²) in [7, 11) is -2.43. The molecule has 0 aromatic heterocycles. The minimum Gasteiger partial charge on any atom is -0.495 e. The van der Waals surface area contributed by atoms with Crippen molar-refractivity contribution in [3.63, 3.8) is 0 Å². The summed E-state index contributed by atoms with van der Waals surface area (Å²) in [5.41, 5.74) is 0.818. The van der Waals surface area contributed by atoms with Crippen molar-refractivity contribution in [3.05, 3.63) is 58.1 Å². The van der Waals surface area contributed by atoms with Gasteiger partial charge in [-0.3, -0.25) is 13.9 Å². The Morgan fingerprint density at radius 1 is 1.06 bits per heavy atom. The minimum absolute atomic E-state index is 0.0200. The number of halogens is 2. The number of ether oxygens (including phenoxy) is 1. The van der Waals surface area contributed by atoms with Crippen molar-refractivity contribution in [3.8, 4) is 5.75 Å². The Morgan fingerprint density at radius 3 is 2.24 bits per heavy atom. The normalized spacial score (nSPS) is 12.2. The number of carbonyl (C=O) groups is 2. The molecule has 34 heavy (non-hydrogen) atoms. The Kier molecular flexibility index (Phi) is 9.61. The maximum atomic E-state index is 13.5. The fourth-order valence-corrected chi connectivity index (χ4v) is 4.51. The fraction of sp³-hybridized carbons (Fsp3) is 0.391. The summed E-state index contributed by atoms with van der Waals surface area (Å²) in [6.45, 7) is 4.69. The second kappa shape index (κ2) is 11.8. The molecular weight excluding hydrogens is 501 g/mol. The van der Waals surface area contributed by atoms with Gasteiger partial charge in [0.2, 0.25) is 21.8 Å². The lowest BCUT2D eigenvalue weighted by molar-refractivity contribution is -0.139. The van der Waals surface area contributed by atoms with Gasteiger partial charge in [-0.25, -0.2) is 8.42 Å². The van der Waals surface area contributed by atoms with Crippen LogP contribution < -0.4 is 14.4 Å². The molecule has 0 bridgehead atoms. The first-order valence-corrected chi connectivity index (χ1v) is 13.1. The van der Waals surface area contributed by atoms with Gasteiger partial charge in [0.05, 0.1) is 24.1 Å². The summed E-state index contributed by atoms with van der Waals surface area (Å²) in [6, 6.07) is 10.3. The molecule has 0 spiro atoms. The third kappa shape index (κ3) is 7.25. The van der Waals surface area contributed by atoms with Gasteiger partial charge in [0, 0.05) is 17.6 Å². The average Bonchev–Trinajstić information content (AvgIpc) is 2.75. The molecule has 186 valence electrons. The number of anilines is 1. The van der Waals surface area contributed by atoms with Crippen LogP contribution in [0.25, 0.3) is 0 Å². The van der Waals surface area contributed by atoms with E-state index in [9.17, 15) is 18.0 Å². The highest BCUT2D eigenvalue weighted by atomic mass is 35.5. The quantitative estimate of drug-likeness (QED) is 0.506. The van der Waals surface area contributed by atoms with Crippen LogP contribution in [0.4, 0.5) is 5.69 Å². The molecule has 0 heterocycles. The van der Waals surface area contributed by atoms with Crippen LogP contribution in [0.2, 0.25) is 10.0 Å². The highest BCUT2D eigenvalue weighted by molar-refractivity contribution is 7.92. The first-order valence-electron chi connectivity index (χ1n) is 10.5. The van der Waals surface area contributed by atoms with Crippen molar-refractivity contribution < 1.29 is 22.7 Å². The van der Waals surface area contributed by atoms with E-state index in [4.69, 9.17) is 27.9 Å². The molecule has 0 aliphatic rings. The number of hydrogen-bond acceptors (Lipinski definition) is 5. The number of rotatable bonds is 10. The van der Waals surface area contributed by atoms with E-state index >= 15 is 0 Å². The minimum atomic E-state index is -3.87. The summed E-state index contributed by atoms with van der Waals surface area (Å²) in [4.78, 5) is 27.5. The number of sulfonamides is 1. The van der Waals surface area contributed by atoms with Gasteiger partial charge in [0.25, 0.3) is 0 Å². The molecule has 0 radical (unpaired) electrons. The van der Waals surface area contributed by atoms with Gasteiger partial charge in [-0.15, -0.1) is 0 Å². The van der Waals surface area contributed by atoms with E-state index in [1.54, 1.807) is 31.2 Å². The summed E-state index contributed by atoms with van der Waals surface area (Å²) >= 11 is 12.5. The summed E-state index contributed by atoms with van der Waals surface area (Å²) in [6.07, 6.45) is 0.992. The number of nitrogens with one attached hydrogen (secondary N) is 1. The van der Waals surface area contributed by atoms with E-state index in [0.29, 0.717) is 16.3 Å². The zero-order valence-corrected chi connectivity index (χ0v) is 22.0. The molecule has 2 aromatic rings. The Bertz CT molecular complexity index is 1140. The van der Waals surface area contributed by atoms with Gasteiger partial charge in [-0.2, -0.15) is 0 Å². The average molecular weight is 530 g/mol. The van der Waals surface area contributed by atoms with Crippen LogP contribution in [0.3, 0.4) is 0 Å². The van der Waals surface area contributed by atoms with Crippen LogP contribution in [0.5, 0.6) is 5.75 Å². The SMILES string of the molecule is COc1ccc(N(CC(=O)N(Cc2ccccc2Cl)C(C)C(=O)NC(C)C)S(C)(=O)=O)cc1Cl. The Hall–Kier alpha value is -2.49. The van der Waals surface area contributed by atoms with Crippen LogP contribution in [0.15, 0.2) is 42.5 Å². The standard InChI is InChI=1S/C23H29Cl2N3O5S/c1-15(2)26-23(30)16(3)27(13-17-8-6-7-9-19(17)24)22(29)14-28(34(5,31)32)18-10-11-21(33-4)20(25)12-18/h6-12,15-16H,13-14H2,1-5H3,(H,26,30). The molecule has 2 rings (SSSR count). The van der Waals surface area contributed by atoms with Crippen molar-refractivity contribution in [2.24, 2.45) is 0 Å². The number of amides is 2. The second-order valence-corrected chi connectivity index (χ2v) is 10.8. The van der Waals surface area contributed by atoms with Crippen molar-refractivity contribution >= 4 is 50.7 Å². The molecule has 1 atom stereocenters. The number of carbonyl (C=O) groups excluding carboxylic acids is 2. The molecular formula is C23H29Cl2N3O5S. The van der Waals surface area contributed by atoms with Gasteiger partial charge in [-0.05, 0) is 50.6 Å². The molecule has 1 N–H and O–H groups in total. The van der Waals surface area contributed by atoms with E-state index < -0.39 is 28.5 Å². The first kappa shape index (κ1) is 27.8. The van der Waals surface area contributed by atoms with Gasteiger partial charge in [0.1, 0.15) is 18.3 Å². The van der Waals surface area contributed by atoms with Gasteiger partial charge < -0.3 is 15.0 Å². The molecule has 0 saturated carbocycles. The maximum Gasteiger partial charge on any atom is 0.244 e. The highest BCUT2D eigenvalue weighted by Crippen LogP contribution is 2.30. The molecule has 0 saturated heterocycles. The third-order valence-corrected chi connectivity index (χ3v) is 6.80. The van der Waals surface area contributed by atoms with Crippen LogP contribution in [0.1, 0.15) is 26.3 Å². The van der Waals surface area contributed by atoms with Crippen molar-refractivity contribution in [2.75, 3.05) is 24.2 Å². The number of methoxy groups -OCH3 is 1. The molecule has 2 aromatic carbocycles. The zero-order chi connectivity index (χ0) is 25.6. The fourth-order valence-electron chi connectivity index (χ4n) is 3.22. The smallest absolute Gasteiger partial charge is 0.244 e. The predicted molar refractivity (Wildman–Crippen MR) is 135 cm³/mol. The molecule has 11 heteroatoms. The molecule has 0 aliphatic heterocycles. The lowest BCUT2D eigenvalue weighted by Gasteiger charge is -2.32. The van der Waals surface area contributed by atoms with Crippen LogP contribution >= 0.6 is 23.2 Å². The number of hydrogen-bond donors (Lipinski definition) is 1. The van der Waals surface area contributed by atoms with Gasteiger partial charge in [-0.1, -0.05) is 41.4 Å². The van der Waals surface area contributed by atoms with Crippen LogP contribution in [-0.2, 0) is 26.2 Å². The van der Waals surface area contributed by atoms with Gasteiger partial charge >= 0.3 is 0 Å². The van der Waals surface area contributed by atoms with Gasteiger partial charge in [0.15, 0.2) is 0 Å². The molecule has 0 fully saturated rings. The van der Waals surface area contributed by atoms with E-state index in [2.05, 4.69) is 5.32 Å². The van der Waals surface area contributed by atoms with E-state index in [0.717, 1.165) is 10.6 Å². The number of nitrogens with zero attached hydrogens (tertiary/aromatic N) is 2. The van der Waals surface area contributed by atoms with E-state index in [-0.39, 0.29) is 29.2 Å². The first-order chi connectivity index (χ1) is 15.8. The number of benzene rings is 2. The summed E-state index contributed by atoms with van der Waals surface area (Å²) in [5, 5.41) is 3.41. The Balaban J connectivity index is 2.43. The van der Waals surface area contributed by atoms with Crippen LogP contribution in [-0.4, -0.2) is 57.1 Å². The highest BCUT2D eigenvalue weighted by Gasteiger charge is 2.30. The topological polar surface area (TPSA) is 96.0 Å². The molecule has 1 unspecified atom stereocenters. The predicted octanol–water partition coefficient (Wildman–Crippen LogP) is 3.71. The van der Waals surface area contributed by atoms with E-state index in [1.807, 2.05) is 13.8 Å². The molecule has 8 nitrogen and oxygen atoms in total. The third-order valence-electron chi connectivity index (χ3n) is 5.00. The van der Waals surface area contributed by atoms with Crippen molar-refractivity contribution in [2.45, 2.75) is 39.4 Å². The van der Waals surface area contributed by atoms with Crippen LogP contribution in [0, 0.1) is 0 Å². The zero-order valence-electron chi connectivity index (χ0n) is 19.7. The summed E-state index contributed by atoms with van der Waals surface area (Å²) < 4.78 is 31.3. The monoisotopic (exact) mass is 529 g/mol. The Labute approximate surface area is 210 Å². The van der Waals surface area contributed by atoms with E-state index in [1.165, 1.54) is 30.2 Å². The van der Waals surface area contributed by atoms with Crippen molar-refractivity contribution in [1.82, 2.24) is 10.2 Å². The molecule has 0 aliphatic carbocycles. The van der Waals surface area contributed by atoms with Crippen molar-refractivity contribution in [1.29, 1.82) is 0 Å². The lowest BCUT2D eigenvalue weighted by Crippen LogP contribution is -2.52. The summed E-state index contributed by atoms with van der Waals surface area (Å²) in [5.74, 6) is -0.581. The Morgan fingerprint density at radius 2 is 1.71 bits per heavy atom. The second-order valence-electron chi connectivity index (χ2n) is 8.04. The maximum absolute atomic E-state index is 13.5. The largest absolute Gasteiger partial charge is 0.495 e. The molecule has 2 amide bonds. The lowest BCUT2D eigenvalue weighted by atomic mass is 10.1.